The van der Waals surface area contributed by atoms with Crippen LogP contribution in [0.3, 0.4) is 0 Å². The van der Waals surface area contributed by atoms with Crippen LogP contribution < -0.4 is 5.46 Å². The van der Waals surface area contributed by atoms with Gasteiger partial charge in [0.15, 0.2) is 0 Å². The lowest BCUT2D eigenvalue weighted by Gasteiger charge is -1.96. The Morgan fingerprint density at radius 3 is 2.56 bits per heavy atom. The molecule has 0 heterocycles. The molecule has 0 saturated heterocycles. The van der Waals surface area contributed by atoms with Crippen molar-refractivity contribution in [3.63, 3.8) is 0 Å². The third kappa shape index (κ3) is 1.12. The van der Waals surface area contributed by atoms with Gasteiger partial charge in [0.2, 0.25) is 0 Å². The van der Waals surface area contributed by atoms with E-state index in [1.54, 1.807) is 26.9 Å². The monoisotopic (exact) mass is 122 g/mol. The zero-order valence-electron chi connectivity index (χ0n) is 5.61. The van der Waals surface area contributed by atoms with Crippen molar-refractivity contribution in [1.29, 1.82) is 0 Å². The van der Waals surface area contributed by atoms with Crippen LogP contribution in [0, 0.1) is 12.7 Å². The van der Waals surface area contributed by atoms with Crippen molar-refractivity contribution in [2.45, 2.75) is 6.92 Å². The Morgan fingerprint density at radius 2 is 2.11 bits per heavy atom. The molecular formula is C7H8BF. The highest BCUT2D eigenvalue weighted by Crippen LogP contribution is 1.99. The van der Waals surface area contributed by atoms with Crippen molar-refractivity contribution in [3.8, 4) is 0 Å². The van der Waals surface area contributed by atoms with E-state index in [4.69, 9.17) is 0 Å². The predicted octanol–water partition coefficient (Wildman–Crippen LogP) is 0.393. The van der Waals surface area contributed by atoms with Gasteiger partial charge in [0, 0.05) is 0 Å². The fourth-order valence-electron chi connectivity index (χ4n) is 0.794. The first-order chi connectivity index (χ1) is 4.22. The van der Waals surface area contributed by atoms with E-state index < -0.39 is 0 Å². The normalized spacial score (nSPS) is 9.56. The van der Waals surface area contributed by atoms with E-state index in [2.05, 4.69) is 0 Å². The quantitative estimate of drug-likeness (QED) is 0.436. The van der Waals surface area contributed by atoms with Crippen molar-refractivity contribution >= 4 is 13.3 Å². The lowest BCUT2D eigenvalue weighted by atomic mass is 9.94. The van der Waals surface area contributed by atoms with E-state index in [1.807, 2.05) is 6.07 Å². The standard InChI is InChI=1S/C7H8BF/c1-5-3-2-4-6(8)7(5)9/h2-4H,8H2,1H3. The molecule has 1 aromatic carbocycles. The Kier molecular flexibility index (Phi) is 1.56. The fourth-order valence-corrected chi connectivity index (χ4v) is 0.794. The average molecular weight is 122 g/mol. The average Bonchev–Trinajstić information content (AvgIpc) is 1.83. The van der Waals surface area contributed by atoms with Crippen LogP contribution in [0.25, 0.3) is 0 Å². The van der Waals surface area contributed by atoms with Crippen LogP contribution in [-0.4, -0.2) is 7.85 Å². The van der Waals surface area contributed by atoms with Gasteiger partial charge >= 0.3 is 0 Å². The van der Waals surface area contributed by atoms with Gasteiger partial charge in [-0.15, -0.1) is 0 Å². The van der Waals surface area contributed by atoms with E-state index in [0.29, 0.717) is 0 Å². The number of benzene rings is 1. The molecule has 0 amide bonds. The third-order valence-corrected chi connectivity index (χ3v) is 1.38. The summed E-state index contributed by atoms with van der Waals surface area (Å²) in [6.45, 7) is 1.77. The summed E-state index contributed by atoms with van der Waals surface area (Å²) in [4.78, 5) is 0. The second-order valence-corrected chi connectivity index (χ2v) is 2.21. The van der Waals surface area contributed by atoms with Gasteiger partial charge in [0.25, 0.3) is 0 Å². The maximum absolute atomic E-state index is 12.7. The highest BCUT2D eigenvalue weighted by Gasteiger charge is 1.96. The van der Waals surface area contributed by atoms with Gasteiger partial charge < -0.3 is 0 Å². The molecule has 46 valence electrons. The van der Waals surface area contributed by atoms with E-state index in [9.17, 15) is 4.39 Å². The molecule has 0 unspecified atom stereocenters. The van der Waals surface area contributed by atoms with Crippen LogP contribution in [-0.2, 0) is 0 Å². The third-order valence-electron chi connectivity index (χ3n) is 1.38. The highest BCUT2D eigenvalue weighted by molar-refractivity contribution is 6.32. The summed E-state index contributed by atoms with van der Waals surface area (Å²) in [5, 5.41) is 0. The van der Waals surface area contributed by atoms with Crippen LogP contribution >= 0.6 is 0 Å². The summed E-state index contributed by atoms with van der Waals surface area (Å²) in [6, 6.07) is 5.39. The Hall–Kier alpha value is -0.785. The molecule has 1 aromatic rings. The molecule has 9 heavy (non-hydrogen) atoms. The van der Waals surface area contributed by atoms with Gasteiger partial charge in [-0.25, -0.2) is 4.39 Å². The first kappa shape index (κ1) is 6.34. The summed E-state index contributed by atoms with van der Waals surface area (Å²) < 4.78 is 12.7. The minimum atomic E-state index is -0.0856. The maximum Gasteiger partial charge on any atom is 0.143 e. The Bertz CT molecular complexity index is 200. The van der Waals surface area contributed by atoms with Crippen molar-refractivity contribution in [2.24, 2.45) is 0 Å². The van der Waals surface area contributed by atoms with Crippen LogP contribution in [0.4, 0.5) is 4.39 Å². The topological polar surface area (TPSA) is 0 Å². The zero-order valence-corrected chi connectivity index (χ0v) is 5.61. The van der Waals surface area contributed by atoms with Gasteiger partial charge in [-0.2, -0.15) is 0 Å². The zero-order chi connectivity index (χ0) is 6.85. The molecule has 0 aliphatic heterocycles. The van der Waals surface area contributed by atoms with Gasteiger partial charge in [0.1, 0.15) is 13.7 Å². The van der Waals surface area contributed by atoms with Gasteiger partial charge in [-0.3, -0.25) is 0 Å². The molecule has 0 fully saturated rings. The van der Waals surface area contributed by atoms with E-state index in [0.717, 1.165) is 11.0 Å². The molecule has 1 rings (SSSR count). The summed E-state index contributed by atoms with van der Waals surface area (Å²) in [5.41, 5.74) is 1.44. The second kappa shape index (κ2) is 2.22. The Balaban J connectivity index is 3.25. The molecule has 0 radical (unpaired) electrons. The highest BCUT2D eigenvalue weighted by atomic mass is 19.1. The summed E-state index contributed by atoms with van der Waals surface area (Å²) >= 11 is 0. The summed E-state index contributed by atoms with van der Waals surface area (Å²) in [6.07, 6.45) is 0. The molecule has 2 heteroatoms. The number of hydrogen-bond acceptors (Lipinski definition) is 0. The first-order valence-corrected chi connectivity index (χ1v) is 2.93. The molecule has 0 aromatic heterocycles. The maximum atomic E-state index is 12.7. The lowest BCUT2D eigenvalue weighted by Crippen LogP contribution is -2.08. The molecule has 0 nitrogen and oxygen atoms in total. The number of hydrogen-bond donors (Lipinski definition) is 0. The largest absolute Gasteiger partial charge is 0.207 e. The second-order valence-electron chi connectivity index (χ2n) is 2.21. The molecule has 0 atom stereocenters. The number of rotatable bonds is 0. The SMILES string of the molecule is Bc1cccc(C)c1F. The van der Waals surface area contributed by atoms with Gasteiger partial charge in [-0.1, -0.05) is 23.7 Å². The minimum absolute atomic E-state index is 0.0856. The molecule has 0 spiro atoms. The summed E-state index contributed by atoms with van der Waals surface area (Å²) in [7, 11) is 1.77. The van der Waals surface area contributed by atoms with Gasteiger partial charge in [-0.05, 0) is 12.5 Å². The van der Waals surface area contributed by atoms with Crippen molar-refractivity contribution in [2.75, 3.05) is 0 Å². The molecule has 0 aliphatic rings. The predicted molar refractivity (Wildman–Crippen MR) is 39.3 cm³/mol. The molecule has 0 saturated carbocycles. The van der Waals surface area contributed by atoms with Crippen LogP contribution in [0.1, 0.15) is 5.56 Å². The minimum Gasteiger partial charge on any atom is -0.207 e. The Morgan fingerprint density at radius 1 is 1.44 bits per heavy atom. The summed E-state index contributed by atoms with van der Waals surface area (Å²) in [5.74, 6) is -0.0856. The van der Waals surface area contributed by atoms with Crippen molar-refractivity contribution in [3.05, 3.63) is 29.6 Å². The first-order valence-electron chi connectivity index (χ1n) is 2.93. The van der Waals surface area contributed by atoms with Crippen LogP contribution in [0.5, 0.6) is 0 Å². The van der Waals surface area contributed by atoms with Gasteiger partial charge in [0.05, 0.1) is 0 Å². The van der Waals surface area contributed by atoms with E-state index >= 15 is 0 Å². The molecule has 0 N–H and O–H groups in total. The fraction of sp³-hybridized carbons (Fsp3) is 0.143. The molecule has 0 bridgehead atoms. The van der Waals surface area contributed by atoms with Crippen molar-refractivity contribution < 1.29 is 4.39 Å². The molecular weight excluding hydrogens is 114 g/mol. The number of aryl methyl sites for hydroxylation is 1. The van der Waals surface area contributed by atoms with E-state index in [-0.39, 0.29) is 5.82 Å². The van der Waals surface area contributed by atoms with Crippen LogP contribution in [0.15, 0.2) is 18.2 Å². The van der Waals surface area contributed by atoms with Crippen molar-refractivity contribution in [1.82, 2.24) is 0 Å². The number of halogens is 1. The lowest BCUT2D eigenvalue weighted by molar-refractivity contribution is 0.627. The van der Waals surface area contributed by atoms with E-state index in [1.165, 1.54) is 0 Å². The van der Waals surface area contributed by atoms with Crippen LogP contribution in [0.2, 0.25) is 0 Å². The molecule has 0 aliphatic carbocycles. The smallest absolute Gasteiger partial charge is 0.143 e. The Labute approximate surface area is 55.1 Å².